The molecule has 1 N–H and O–H groups in total. The molecule has 1 aliphatic rings. The minimum absolute atomic E-state index is 0.0393. The van der Waals surface area contributed by atoms with Crippen molar-refractivity contribution in [2.24, 2.45) is 0 Å². The number of methoxy groups -OCH3 is 1. The summed E-state index contributed by atoms with van der Waals surface area (Å²) in [5.74, 6) is 0.746. The van der Waals surface area contributed by atoms with E-state index in [1.165, 1.54) is 29.5 Å². The van der Waals surface area contributed by atoms with Gasteiger partial charge in [-0.1, -0.05) is 12.1 Å². The molecule has 0 bridgehead atoms. The third-order valence-electron chi connectivity index (χ3n) is 5.48. The lowest BCUT2D eigenvalue weighted by atomic mass is 9.74. The first-order valence-electron chi connectivity index (χ1n) is 9.85. The van der Waals surface area contributed by atoms with Crippen LogP contribution < -0.4 is 10.1 Å². The number of benzene rings is 2. The predicted octanol–water partition coefficient (Wildman–Crippen LogP) is 3.95. The van der Waals surface area contributed by atoms with Crippen molar-refractivity contribution < 1.29 is 19.2 Å². The van der Waals surface area contributed by atoms with E-state index in [0.29, 0.717) is 19.8 Å². The van der Waals surface area contributed by atoms with Crippen LogP contribution in [0.25, 0.3) is 0 Å². The van der Waals surface area contributed by atoms with Gasteiger partial charge < -0.3 is 14.8 Å². The van der Waals surface area contributed by atoms with Crippen LogP contribution >= 0.6 is 11.8 Å². The number of nitrogens with one attached hydrogen (secondary N) is 1. The average Bonchev–Trinajstić information content (AvgIpc) is 2.78. The minimum atomic E-state index is -0.433. The molecule has 0 radical (unpaired) electrons. The topological polar surface area (TPSA) is 90.7 Å². The van der Waals surface area contributed by atoms with E-state index in [9.17, 15) is 14.9 Å². The fourth-order valence-corrected chi connectivity index (χ4v) is 4.47. The molecule has 1 heterocycles. The fraction of sp³-hybridized carbons (Fsp3) is 0.409. The van der Waals surface area contributed by atoms with Crippen LogP contribution in [0.15, 0.2) is 53.4 Å². The molecule has 7 nitrogen and oxygen atoms in total. The Morgan fingerprint density at radius 2 is 1.83 bits per heavy atom. The smallest absolute Gasteiger partial charge is 0.269 e. The van der Waals surface area contributed by atoms with E-state index < -0.39 is 4.92 Å². The summed E-state index contributed by atoms with van der Waals surface area (Å²) in [5.41, 5.74) is 1.04. The number of hydrogen-bond acceptors (Lipinski definition) is 6. The molecule has 3 rings (SSSR count). The molecule has 1 saturated heterocycles. The van der Waals surface area contributed by atoms with Crippen molar-refractivity contribution in [3.05, 3.63) is 64.2 Å². The first-order chi connectivity index (χ1) is 14.4. The van der Waals surface area contributed by atoms with Crippen LogP contribution in [-0.4, -0.2) is 42.9 Å². The number of ether oxygens (including phenoxy) is 2. The van der Waals surface area contributed by atoms with Gasteiger partial charge in [-0.3, -0.25) is 14.9 Å². The molecular weight excluding hydrogens is 404 g/mol. The fourth-order valence-electron chi connectivity index (χ4n) is 3.58. The van der Waals surface area contributed by atoms with E-state index in [-0.39, 0.29) is 22.3 Å². The molecule has 0 spiro atoms. The summed E-state index contributed by atoms with van der Waals surface area (Å²) in [6.45, 7) is 3.70. The molecule has 1 unspecified atom stereocenters. The summed E-state index contributed by atoms with van der Waals surface area (Å²) in [5, 5.41) is 13.6. The second kappa shape index (κ2) is 9.95. The minimum Gasteiger partial charge on any atom is -0.497 e. The average molecular weight is 431 g/mol. The van der Waals surface area contributed by atoms with Crippen LogP contribution in [0.5, 0.6) is 5.75 Å². The molecule has 0 saturated carbocycles. The molecular formula is C22H26N2O5S. The van der Waals surface area contributed by atoms with Gasteiger partial charge >= 0.3 is 0 Å². The van der Waals surface area contributed by atoms with Crippen molar-refractivity contribution in [1.82, 2.24) is 5.32 Å². The van der Waals surface area contributed by atoms with Gasteiger partial charge in [-0.05, 0) is 49.6 Å². The van der Waals surface area contributed by atoms with Crippen LogP contribution in [0.2, 0.25) is 0 Å². The lowest BCUT2D eigenvalue weighted by Crippen LogP contribution is -2.46. The van der Waals surface area contributed by atoms with Crippen molar-refractivity contribution in [3.8, 4) is 5.75 Å². The Bertz CT molecular complexity index is 864. The highest BCUT2D eigenvalue weighted by atomic mass is 32.2. The van der Waals surface area contributed by atoms with E-state index >= 15 is 0 Å². The van der Waals surface area contributed by atoms with E-state index in [1.54, 1.807) is 19.2 Å². The molecule has 8 heteroatoms. The standard InChI is InChI=1S/C22H26N2O5S/c1-16(30-20-9-5-18(6-10-20)24(26)27)21(25)23-15-22(11-13-29-14-12-22)17-3-7-19(28-2)8-4-17/h3-10,16H,11-15H2,1-2H3,(H,23,25). The Kier molecular flexibility index (Phi) is 7.33. The van der Waals surface area contributed by atoms with E-state index in [0.717, 1.165) is 23.5 Å². The SMILES string of the molecule is COc1ccc(C2(CNC(=O)C(C)Sc3ccc([N+](=O)[O-])cc3)CCOCC2)cc1. The number of hydrogen-bond donors (Lipinski definition) is 1. The van der Waals surface area contributed by atoms with E-state index in [1.807, 2.05) is 19.1 Å². The summed E-state index contributed by atoms with van der Waals surface area (Å²) in [7, 11) is 1.64. The summed E-state index contributed by atoms with van der Waals surface area (Å²) in [4.78, 5) is 23.9. The molecule has 2 aromatic carbocycles. The molecule has 0 aromatic heterocycles. The number of nitro groups is 1. The molecule has 1 aliphatic heterocycles. The van der Waals surface area contributed by atoms with Crippen LogP contribution in [0.3, 0.4) is 0 Å². The zero-order valence-corrected chi connectivity index (χ0v) is 17.9. The number of non-ortho nitro benzene ring substituents is 1. The molecule has 1 amide bonds. The molecule has 1 atom stereocenters. The highest BCUT2D eigenvalue weighted by molar-refractivity contribution is 8.00. The Labute approximate surface area is 180 Å². The largest absolute Gasteiger partial charge is 0.497 e. The summed E-state index contributed by atoms with van der Waals surface area (Å²) < 4.78 is 10.8. The highest BCUT2D eigenvalue weighted by Crippen LogP contribution is 2.35. The summed E-state index contributed by atoms with van der Waals surface area (Å²) in [6, 6.07) is 14.3. The van der Waals surface area contributed by atoms with E-state index in [4.69, 9.17) is 9.47 Å². The lowest BCUT2D eigenvalue weighted by Gasteiger charge is -2.38. The van der Waals surface area contributed by atoms with Crippen molar-refractivity contribution in [1.29, 1.82) is 0 Å². The van der Waals surface area contributed by atoms with Crippen LogP contribution in [0.4, 0.5) is 5.69 Å². The summed E-state index contributed by atoms with van der Waals surface area (Å²) in [6.07, 6.45) is 1.67. The van der Waals surface area contributed by atoms with Gasteiger partial charge in [0.05, 0.1) is 17.3 Å². The first-order valence-corrected chi connectivity index (χ1v) is 10.7. The first kappa shape index (κ1) is 22.1. The van der Waals surface area contributed by atoms with Crippen molar-refractivity contribution in [2.75, 3.05) is 26.9 Å². The quantitative estimate of drug-likeness (QED) is 0.387. The van der Waals surface area contributed by atoms with Gasteiger partial charge in [0.1, 0.15) is 5.75 Å². The number of nitro benzene ring substituents is 1. The zero-order valence-electron chi connectivity index (χ0n) is 17.1. The number of carbonyl (C=O) groups is 1. The second-order valence-electron chi connectivity index (χ2n) is 7.35. The Hall–Kier alpha value is -2.58. The zero-order chi connectivity index (χ0) is 21.6. The number of nitrogens with zero attached hydrogens (tertiary/aromatic N) is 1. The van der Waals surface area contributed by atoms with Crippen molar-refractivity contribution >= 4 is 23.4 Å². The monoisotopic (exact) mass is 430 g/mol. The molecule has 30 heavy (non-hydrogen) atoms. The van der Waals surface area contributed by atoms with Gasteiger partial charge in [0, 0.05) is 42.2 Å². The third kappa shape index (κ3) is 5.31. The number of thioether (sulfide) groups is 1. The molecule has 1 fully saturated rings. The van der Waals surface area contributed by atoms with Gasteiger partial charge in [-0.25, -0.2) is 0 Å². The lowest BCUT2D eigenvalue weighted by molar-refractivity contribution is -0.384. The highest BCUT2D eigenvalue weighted by Gasteiger charge is 2.35. The Balaban J connectivity index is 1.64. The maximum atomic E-state index is 12.7. The van der Waals surface area contributed by atoms with Crippen LogP contribution in [-0.2, 0) is 14.9 Å². The number of rotatable bonds is 8. The number of amides is 1. The van der Waals surface area contributed by atoms with Gasteiger partial charge in [-0.15, -0.1) is 11.8 Å². The van der Waals surface area contributed by atoms with E-state index in [2.05, 4.69) is 17.4 Å². The van der Waals surface area contributed by atoms with Gasteiger partial charge in [0.25, 0.3) is 5.69 Å². The van der Waals surface area contributed by atoms with Crippen molar-refractivity contribution in [2.45, 2.75) is 35.3 Å². The van der Waals surface area contributed by atoms with Crippen LogP contribution in [0, 0.1) is 10.1 Å². The van der Waals surface area contributed by atoms with Crippen molar-refractivity contribution in [3.63, 3.8) is 0 Å². The Morgan fingerprint density at radius 3 is 2.40 bits per heavy atom. The third-order valence-corrected chi connectivity index (χ3v) is 6.59. The van der Waals surface area contributed by atoms with Crippen LogP contribution in [0.1, 0.15) is 25.3 Å². The Morgan fingerprint density at radius 1 is 1.20 bits per heavy atom. The maximum absolute atomic E-state index is 12.7. The normalized spacial score (nSPS) is 16.5. The second-order valence-corrected chi connectivity index (χ2v) is 8.76. The number of carbonyl (C=O) groups excluding carboxylic acids is 1. The molecule has 160 valence electrons. The summed E-state index contributed by atoms with van der Waals surface area (Å²) >= 11 is 1.38. The predicted molar refractivity (Wildman–Crippen MR) is 116 cm³/mol. The van der Waals surface area contributed by atoms with Gasteiger partial charge in [0.2, 0.25) is 5.91 Å². The molecule has 2 aromatic rings. The van der Waals surface area contributed by atoms with Gasteiger partial charge in [0.15, 0.2) is 0 Å². The molecule has 0 aliphatic carbocycles. The maximum Gasteiger partial charge on any atom is 0.269 e. The van der Waals surface area contributed by atoms with Gasteiger partial charge in [-0.2, -0.15) is 0 Å².